The summed E-state index contributed by atoms with van der Waals surface area (Å²) in [6.07, 6.45) is 0.793. The lowest BCUT2D eigenvalue weighted by Crippen LogP contribution is -2.23. The first-order valence-electron chi connectivity index (χ1n) is 6.87. The van der Waals surface area contributed by atoms with Crippen LogP contribution in [-0.2, 0) is 23.0 Å². The van der Waals surface area contributed by atoms with E-state index in [1.54, 1.807) is 7.11 Å². The Hall–Kier alpha value is -1.92. The van der Waals surface area contributed by atoms with Crippen LogP contribution in [0.5, 0.6) is 5.75 Å². The van der Waals surface area contributed by atoms with Crippen LogP contribution in [0.15, 0.2) is 47.4 Å². The molecule has 0 fully saturated rings. The number of ether oxygens (including phenoxy) is 1. The Morgan fingerprint density at radius 1 is 1.14 bits per heavy atom. The maximum Gasteiger partial charge on any atom is 0.240 e. The van der Waals surface area contributed by atoms with Crippen LogP contribution in [0.4, 0.5) is 4.39 Å². The minimum atomic E-state index is -3.66. The molecular weight excluding hydrogens is 305 g/mol. The van der Waals surface area contributed by atoms with Crippen LogP contribution < -0.4 is 9.46 Å². The van der Waals surface area contributed by atoms with Crippen LogP contribution in [0, 0.1) is 5.82 Å². The monoisotopic (exact) mass is 323 g/mol. The van der Waals surface area contributed by atoms with E-state index < -0.39 is 15.8 Å². The van der Waals surface area contributed by atoms with Gasteiger partial charge in [-0.15, -0.1) is 0 Å². The van der Waals surface area contributed by atoms with Crippen LogP contribution >= 0.6 is 0 Å². The molecule has 0 atom stereocenters. The molecule has 0 saturated heterocycles. The molecule has 0 aliphatic carbocycles. The predicted molar refractivity (Wildman–Crippen MR) is 82.8 cm³/mol. The molecular formula is C16H18FNO3S. The van der Waals surface area contributed by atoms with E-state index in [4.69, 9.17) is 4.74 Å². The summed E-state index contributed by atoms with van der Waals surface area (Å²) in [5, 5.41) is 0. The quantitative estimate of drug-likeness (QED) is 0.889. The van der Waals surface area contributed by atoms with Gasteiger partial charge in [0.2, 0.25) is 10.0 Å². The topological polar surface area (TPSA) is 55.4 Å². The molecule has 2 aromatic carbocycles. The second kappa shape index (κ2) is 6.89. The lowest BCUT2D eigenvalue weighted by molar-refractivity contribution is 0.410. The Labute approximate surface area is 130 Å². The van der Waals surface area contributed by atoms with Crippen LogP contribution in [0.1, 0.15) is 18.1 Å². The number of methoxy groups -OCH3 is 1. The van der Waals surface area contributed by atoms with Gasteiger partial charge in [-0.25, -0.2) is 17.5 Å². The molecule has 1 N–H and O–H groups in total. The Balaban J connectivity index is 2.13. The van der Waals surface area contributed by atoms with Gasteiger partial charge in [-0.2, -0.15) is 0 Å². The average molecular weight is 323 g/mol. The van der Waals surface area contributed by atoms with Gasteiger partial charge in [0.25, 0.3) is 0 Å². The van der Waals surface area contributed by atoms with E-state index in [9.17, 15) is 12.8 Å². The van der Waals surface area contributed by atoms with Crippen LogP contribution in [-0.4, -0.2) is 15.5 Å². The van der Waals surface area contributed by atoms with Crippen molar-refractivity contribution in [2.75, 3.05) is 7.11 Å². The summed E-state index contributed by atoms with van der Waals surface area (Å²) in [7, 11) is -2.06. The highest BCUT2D eigenvalue weighted by molar-refractivity contribution is 7.89. The Morgan fingerprint density at radius 2 is 1.82 bits per heavy atom. The molecule has 0 amide bonds. The molecule has 0 saturated carbocycles. The fourth-order valence-electron chi connectivity index (χ4n) is 2.09. The molecule has 22 heavy (non-hydrogen) atoms. The van der Waals surface area contributed by atoms with Crippen molar-refractivity contribution in [3.63, 3.8) is 0 Å². The van der Waals surface area contributed by atoms with Crippen molar-refractivity contribution in [1.29, 1.82) is 0 Å². The third-order valence-electron chi connectivity index (χ3n) is 3.32. The Bertz CT molecular complexity index is 742. The zero-order valence-electron chi connectivity index (χ0n) is 12.5. The summed E-state index contributed by atoms with van der Waals surface area (Å²) in [6, 6.07) is 10.3. The lowest BCUT2D eigenvalue weighted by atomic mass is 10.1. The van der Waals surface area contributed by atoms with E-state index >= 15 is 0 Å². The Kier molecular flexibility index (Phi) is 5.15. The van der Waals surface area contributed by atoms with Gasteiger partial charge in [-0.05, 0) is 47.9 Å². The molecule has 4 nitrogen and oxygen atoms in total. The largest absolute Gasteiger partial charge is 0.496 e. The second-order valence-corrected chi connectivity index (χ2v) is 6.55. The molecule has 0 radical (unpaired) electrons. The van der Waals surface area contributed by atoms with Crippen molar-refractivity contribution in [2.45, 2.75) is 24.8 Å². The summed E-state index contributed by atoms with van der Waals surface area (Å²) in [4.78, 5) is 0.0399. The molecule has 118 valence electrons. The summed E-state index contributed by atoms with van der Waals surface area (Å²) in [5.74, 6) is 0.314. The number of halogens is 1. The van der Waals surface area contributed by atoms with Gasteiger partial charge < -0.3 is 4.74 Å². The van der Waals surface area contributed by atoms with Crippen molar-refractivity contribution in [1.82, 2.24) is 4.72 Å². The highest BCUT2D eigenvalue weighted by Gasteiger charge is 2.14. The highest BCUT2D eigenvalue weighted by atomic mass is 32.2. The fraction of sp³-hybridized carbons (Fsp3) is 0.250. The van der Waals surface area contributed by atoms with Gasteiger partial charge in [-0.1, -0.05) is 19.1 Å². The maximum atomic E-state index is 12.9. The number of hydrogen-bond acceptors (Lipinski definition) is 3. The third-order valence-corrected chi connectivity index (χ3v) is 4.73. The van der Waals surface area contributed by atoms with Crippen molar-refractivity contribution in [3.05, 3.63) is 59.4 Å². The summed E-state index contributed by atoms with van der Waals surface area (Å²) >= 11 is 0. The van der Waals surface area contributed by atoms with E-state index in [-0.39, 0.29) is 11.4 Å². The minimum Gasteiger partial charge on any atom is -0.496 e. The van der Waals surface area contributed by atoms with Crippen LogP contribution in [0.2, 0.25) is 0 Å². The first-order valence-corrected chi connectivity index (χ1v) is 8.35. The molecule has 0 bridgehead atoms. The molecule has 6 heteroatoms. The second-order valence-electron chi connectivity index (χ2n) is 4.78. The average Bonchev–Trinajstić information content (AvgIpc) is 2.53. The summed E-state index contributed by atoms with van der Waals surface area (Å²) in [6.45, 7) is 2.17. The van der Waals surface area contributed by atoms with Crippen molar-refractivity contribution in [2.24, 2.45) is 0 Å². The molecule has 2 rings (SSSR count). The first-order chi connectivity index (χ1) is 10.5. The minimum absolute atomic E-state index is 0.0399. The number of nitrogens with one attached hydrogen (secondary N) is 1. The lowest BCUT2D eigenvalue weighted by Gasteiger charge is -2.10. The van der Waals surface area contributed by atoms with Crippen molar-refractivity contribution >= 4 is 10.0 Å². The zero-order chi connectivity index (χ0) is 16.2. The van der Waals surface area contributed by atoms with Crippen LogP contribution in [0.25, 0.3) is 0 Å². The normalized spacial score (nSPS) is 11.4. The Morgan fingerprint density at radius 3 is 2.41 bits per heavy atom. The molecule has 0 unspecified atom stereocenters. The van der Waals surface area contributed by atoms with E-state index in [1.807, 2.05) is 25.1 Å². The SMILES string of the molecule is CCc1cc(CNS(=O)(=O)c2ccc(F)cc2)ccc1OC. The predicted octanol–water partition coefficient (Wildman–Crippen LogP) is 2.88. The highest BCUT2D eigenvalue weighted by Crippen LogP contribution is 2.20. The van der Waals surface area contributed by atoms with E-state index in [0.29, 0.717) is 0 Å². The molecule has 0 aliphatic heterocycles. The van der Waals surface area contributed by atoms with Crippen molar-refractivity contribution < 1.29 is 17.5 Å². The smallest absolute Gasteiger partial charge is 0.240 e. The van der Waals surface area contributed by atoms with Gasteiger partial charge in [0, 0.05) is 6.54 Å². The van der Waals surface area contributed by atoms with Gasteiger partial charge in [0.05, 0.1) is 12.0 Å². The van der Waals surface area contributed by atoms with Crippen LogP contribution in [0.3, 0.4) is 0 Å². The number of aryl methyl sites for hydroxylation is 1. The number of sulfonamides is 1. The maximum absolute atomic E-state index is 12.9. The molecule has 2 aromatic rings. The number of benzene rings is 2. The van der Waals surface area contributed by atoms with Gasteiger partial charge in [0.1, 0.15) is 11.6 Å². The van der Waals surface area contributed by atoms with Gasteiger partial charge in [0.15, 0.2) is 0 Å². The molecule has 0 heterocycles. The van der Waals surface area contributed by atoms with Gasteiger partial charge >= 0.3 is 0 Å². The molecule has 0 aliphatic rings. The number of rotatable bonds is 6. The van der Waals surface area contributed by atoms with E-state index in [1.165, 1.54) is 12.1 Å². The molecule has 0 spiro atoms. The van der Waals surface area contributed by atoms with E-state index in [2.05, 4.69) is 4.72 Å². The zero-order valence-corrected chi connectivity index (χ0v) is 13.3. The summed E-state index contributed by atoms with van der Waals surface area (Å²) < 4.78 is 44.9. The molecule has 0 aromatic heterocycles. The van der Waals surface area contributed by atoms with Gasteiger partial charge in [-0.3, -0.25) is 0 Å². The van der Waals surface area contributed by atoms with E-state index in [0.717, 1.165) is 35.4 Å². The summed E-state index contributed by atoms with van der Waals surface area (Å²) in [5.41, 5.74) is 1.85. The fourth-order valence-corrected chi connectivity index (χ4v) is 3.11. The number of hydrogen-bond donors (Lipinski definition) is 1. The third kappa shape index (κ3) is 3.84. The van der Waals surface area contributed by atoms with Crippen molar-refractivity contribution in [3.8, 4) is 5.75 Å². The standard InChI is InChI=1S/C16H18FNO3S/c1-3-13-10-12(4-9-16(13)21-2)11-18-22(19,20)15-7-5-14(17)6-8-15/h4-10,18H,3,11H2,1-2H3. The first kappa shape index (κ1) is 16.5.